The number of ether oxygens (including phenoxy) is 2. The molecule has 0 bridgehead atoms. The molecule has 1 atom stereocenters. The molecule has 0 amide bonds. The van der Waals surface area contributed by atoms with Crippen molar-refractivity contribution in [1.82, 2.24) is 0 Å². The Morgan fingerprint density at radius 1 is 0.900 bits per heavy atom. The van der Waals surface area contributed by atoms with Crippen molar-refractivity contribution in [2.45, 2.75) is 59.8 Å². The van der Waals surface area contributed by atoms with Gasteiger partial charge in [0.2, 0.25) is 0 Å². The number of allylic oxidation sites excluding steroid dienone is 1. The van der Waals surface area contributed by atoms with Crippen LogP contribution in [-0.2, 0) is 19.1 Å². The van der Waals surface area contributed by atoms with Gasteiger partial charge in [0, 0.05) is 0 Å². The van der Waals surface area contributed by atoms with E-state index in [1.165, 1.54) is 0 Å². The molecule has 0 aliphatic rings. The van der Waals surface area contributed by atoms with Gasteiger partial charge in [0.1, 0.15) is 5.57 Å². The van der Waals surface area contributed by atoms with Crippen LogP contribution in [0.5, 0.6) is 0 Å². The summed E-state index contributed by atoms with van der Waals surface area (Å²) in [5.74, 6) is -0.934. The zero-order valence-electron chi connectivity index (χ0n) is 13.2. The van der Waals surface area contributed by atoms with E-state index in [0.29, 0.717) is 0 Å². The lowest BCUT2D eigenvalue weighted by Gasteiger charge is -2.13. The van der Waals surface area contributed by atoms with Crippen molar-refractivity contribution in [2.75, 3.05) is 13.2 Å². The average molecular weight is 284 g/mol. The van der Waals surface area contributed by atoms with E-state index in [-0.39, 0.29) is 24.7 Å². The highest BCUT2D eigenvalue weighted by atomic mass is 16.6. The maximum atomic E-state index is 11.9. The van der Waals surface area contributed by atoms with Gasteiger partial charge in [-0.25, -0.2) is 9.59 Å². The summed E-state index contributed by atoms with van der Waals surface area (Å²) >= 11 is 0. The molecule has 0 aliphatic heterocycles. The minimum atomic E-state index is -0.580. The molecule has 0 fully saturated rings. The predicted molar refractivity (Wildman–Crippen MR) is 79.3 cm³/mol. The number of rotatable bonds is 10. The first-order valence-electron chi connectivity index (χ1n) is 7.66. The molecule has 0 aliphatic carbocycles. The fourth-order valence-electron chi connectivity index (χ4n) is 2.02. The predicted octanol–water partition coefficient (Wildman–Crippen LogP) is 3.65. The number of hydrogen-bond donors (Lipinski definition) is 0. The Hall–Kier alpha value is -1.32. The molecule has 1 unspecified atom stereocenters. The van der Waals surface area contributed by atoms with Gasteiger partial charge >= 0.3 is 11.9 Å². The fourth-order valence-corrected chi connectivity index (χ4v) is 2.02. The van der Waals surface area contributed by atoms with E-state index in [1.54, 1.807) is 19.9 Å². The van der Waals surface area contributed by atoms with Crippen molar-refractivity contribution in [1.29, 1.82) is 0 Å². The van der Waals surface area contributed by atoms with Crippen molar-refractivity contribution in [3.05, 3.63) is 11.6 Å². The molecular weight excluding hydrogens is 256 g/mol. The Labute approximate surface area is 122 Å². The van der Waals surface area contributed by atoms with Crippen LogP contribution in [0.3, 0.4) is 0 Å². The summed E-state index contributed by atoms with van der Waals surface area (Å²) in [4.78, 5) is 23.8. The number of carbonyl (C=O) groups excluding carboxylic acids is 2. The van der Waals surface area contributed by atoms with Crippen molar-refractivity contribution in [3.8, 4) is 0 Å². The lowest BCUT2D eigenvalue weighted by Crippen LogP contribution is -2.19. The first-order valence-corrected chi connectivity index (χ1v) is 7.66. The Balaban J connectivity index is 5.05. The minimum absolute atomic E-state index is 0.0447. The third kappa shape index (κ3) is 7.31. The number of carbonyl (C=O) groups is 2. The summed E-state index contributed by atoms with van der Waals surface area (Å²) in [5.41, 5.74) is 0.0447. The topological polar surface area (TPSA) is 52.6 Å². The highest BCUT2D eigenvalue weighted by Gasteiger charge is 2.22. The Bertz CT molecular complexity index is 300. The van der Waals surface area contributed by atoms with Crippen LogP contribution >= 0.6 is 0 Å². The third-order valence-corrected chi connectivity index (χ3v) is 2.98. The second-order valence-corrected chi connectivity index (χ2v) is 4.71. The largest absolute Gasteiger partial charge is 0.462 e. The van der Waals surface area contributed by atoms with E-state index in [9.17, 15) is 9.59 Å². The molecule has 0 aromatic rings. The summed E-state index contributed by atoms with van der Waals surface area (Å²) < 4.78 is 9.89. The SMILES string of the molecule is CCCCC(C=C(C(=O)OCC)C(=O)OCC)CCC. The molecule has 0 aromatic carbocycles. The van der Waals surface area contributed by atoms with Crippen molar-refractivity contribution in [3.63, 3.8) is 0 Å². The smallest absolute Gasteiger partial charge is 0.345 e. The Morgan fingerprint density at radius 3 is 1.85 bits per heavy atom. The summed E-state index contributed by atoms with van der Waals surface area (Å²) in [5, 5.41) is 0. The van der Waals surface area contributed by atoms with E-state index >= 15 is 0 Å². The quantitative estimate of drug-likeness (QED) is 0.266. The van der Waals surface area contributed by atoms with E-state index in [4.69, 9.17) is 9.47 Å². The maximum absolute atomic E-state index is 11.9. The number of hydrogen-bond acceptors (Lipinski definition) is 4. The van der Waals surface area contributed by atoms with Gasteiger partial charge in [-0.1, -0.05) is 39.2 Å². The van der Waals surface area contributed by atoms with Crippen LogP contribution in [0.1, 0.15) is 59.8 Å². The van der Waals surface area contributed by atoms with Crippen LogP contribution < -0.4 is 0 Å². The van der Waals surface area contributed by atoms with Crippen LogP contribution in [0.2, 0.25) is 0 Å². The first kappa shape index (κ1) is 18.7. The summed E-state index contributed by atoms with van der Waals surface area (Å²) in [6.07, 6.45) is 6.89. The molecule has 4 nitrogen and oxygen atoms in total. The monoisotopic (exact) mass is 284 g/mol. The zero-order valence-corrected chi connectivity index (χ0v) is 13.2. The molecule has 0 saturated heterocycles. The minimum Gasteiger partial charge on any atom is -0.462 e. The van der Waals surface area contributed by atoms with E-state index in [2.05, 4.69) is 13.8 Å². The molecule has 0 saturated carbocycles. The second kappa shape index (κ2) is 11.5. The van der Waals surface area contributed by atoms with Gasteiger partial charge in [-0.2, -0.15) is 0 Å². The van der Waals surface area contributed by atoms with Gasteiger partial charge in [0.15, 0.2) is 0 Å². The van der Waals surface area contributed by atoms with Gasteiger partial charge in [0.25, 0.3) is 0 Å². The highest BCUT2D eigenvalue weighted by Crippen LogP contribution is 2.19. The molecule has 0 aromatic heterocycles. The molecular formula is C16H28O4. The fraction of sp³-hybridized carbons (Fsp3) is 0.750. The molecule has 0 N–H and O–H groups in total. The van der Waals surface area contributed by atoms with Crippen LogP contribution in [0, 0.1) is 5.92 Å². The molecule has 116 valence electrons. The normalized spacial score (nSPS) is 11.6. The lowest BCUT2D eigenvalue weighted by atomic mass is 9.94. The van der Waals surface area contributed by atoms with Gasteiger partial charge in [-0.15, -0.1) is 0 Å². The van der Waals surface area contributed by atoms with Crippen LogP contribution in [0.15, 0.2) is 11.6 Å². The molecule has 0 rings (SSSR count). The molecule has 0 radical (unpaired) electrons. The summed E-state index contributed by atoms with van der Waals surface area (Å²) in [7, 11) is 0. The summed E-state index contributed by atoms with van der Waals surface area (Å²) in [6.45, 7) is 8.18. The van der Waals surface area contributed by atoms with Gasteiger partial charge < -0.3 is 9.47 Å². The van der Waals surface area contributed by atoms with Gasteiger partial charge in [0.05, 0.1) is 13.2 Å². The second-order valence-electron chi connectivity index (χ2n) is 4.71. The van der Waals surface area contributed by atoms with E-state index in [1.807, 2.05) is 0 Å². The summed E-state index contributed by atoms with van der Waals surface area (Å²) in [6, 6.07) is 0. The third-order valence-electron chi connectivity index (χ3n) is 2.98. The Kier molecular flexibility index (Phi) is 10.7. The molecule has 0 spiro atoms. The maximum Gasteiger partial charge on any atom is 0.345 e. The Morgan fingerprint density at radius 2 is 1.45 bits per heavy atom. The highest BCUT2D eigenvalue weighted by molar-refractivity contribution is 6.14. The lowest BCUT2D eigenvalue weighted by molar-refractivity contribution is -0.146. The zero-order chi connectivity index (χ0) is 15.4. The van der Waals surface area contributed by atoms with E-state index < -0.39 is 11.9 Å². The number of esters is 2. The van der Waals surface area contributed by atoms with Gasteiger partial charge in [-0.3, -0.25) is 0 Å². The standard InChI is InChI=1S/C16H28O4/c1-5-9-11-13(10-6-2)12-14(15(17)19-7-3)16(18)20-8-4/h12-13H,5-11H2,1-4H3. The average Bonchev–Trinajstić information content (AvgIpc) is 2.42. The van der Waals surface area contributed by atoms with Gasteiger partial charge in [-0.05, 0) is 32.6 Å². The molecule has 0 heterocycles. The molecule has 20 heavy (non-hydrogen) atoms. The van der Waals surface area contributed by atoms with Crippen LogP contribution in [0.4, 0.5) is 0 Å². The van der Waals surface area contributed by atoms with Crippen LogP contribution in [-0.4, -0.2) is 25.2 Å². The number of unbranched alkanes of at least 4 members (excludes halogenated alkanes) is 1. The van der Waals surface area contributed by atoms with Crippen molar-refractivity contribution < 1.29 is 19.1 Å². The van der Waals surface area contributed by atoms with Crippen molar-refractivity contribution in [2.24, 2.45) is 5.92 Å². The van der Waals surface area contributed by atoms with E-state index in [0.717, 1.165) is 32.1 Å². The molecule has 4 heteroatoms. The first-order chi connectivity index (χ1) is 9.60. The van der Waals surface area contributed by atoms with Crippen LogP contribution in [0.25, 0.3) is 0 Å². The van der Waals surface area contributed by atoms with Crippen molar-refractivity contribution >= 4 is 11.9 Å².